The lowest BCUT2D eigenvalue weighted by Gasteiger charge is -2.28. The minimum atomic E-state index is 0.755. The van der Waals surface area contributed by atoms with E-state index in [1.807, 2.05) is 42.7 Å². The number of hydrogen-bond acceptors (Lipinski definition) is 7. The van der Waals surface area contributed by atoms with Gasteiger partial charge >= 0.3 is 0 Å². The summed E-state index contributed by atoms with van der Waals surface area (Å²) in [6.45, 7) is 3.30. The molecule has 1 aliphatic heterocycles. The molecule has 0 aliphatic carbocycles. The van der Waals surface area contributed by atoms with Gasteiger partial charge in [0, 0.05) is 30.7 Å². The summed E-state index contributed by atoms with van der Waals surface area (Å²) in [5.41, 5.74) is 3.21. The predicted octanol–water partition coefficient (Wildman–Crippen LogP) is 4.89. The van der Waals surface area contributed by atoms with Crippen molar-refractivity contribution < 1.29 is 14.2 Å². The first-order valence-electron chi connectivity index (χ1n) is 10.9. The summed E-state index contributed by atoms with van der Waals surface area (Å²) in [7, 11) is 3.31. The largest absolute Gasteiger partial charge is 0.497 e. The number of aromatic nitrogens is 2. The number of nitrogens with one attached hydrogen (secondary N) is 1. The van der Waals surface area contributed by atoms with E-state index in [0.717, 1.165) is 77.0 Å². The number of anilines is 3. The molecule has 5 rings (SSSR count). The fraction of sp³-hybridized carbons (Fsp3) is 0.231. The van der Waals surface area contributed by atoms with Gasteiger partial charge in [0.05, 0.1) is 39.3 Å². The second-order valence-corrected chi connectivity index (χ2v) is 7.86. The maximum atomic E-state index is 5.42. The Morgan fingerprint density at radius 2 is 1.52 bits per heavy atom. The molecule has 0 unspecified atom stereocenters. The maximum Gasteiger partial charge on any atom is 0.132 e. The molecule has 0 bridgehead atoms. The van der Waals surface area contributed by atoms with E-state index in [0.29, 0.717) is 0 Å². The Labute approximate surface area is 193 Å². The van der Waals surface area contributed by atoms with Crippen molar-refractivity contribution in [1.29, 1.82) is 0 Å². The summed E-state index contributed by atoms with van der Waals surface area (Å²) in [6.07, 6.45) is 3.77. The van der Waals surface area contributed by atoms with Crippen LogP contribution >= 0.6 is 0 Å². The fourth-order valence-corrected chi connectivity index (χ4v) is 3.96. The molecule has 7 heteroatoms. The summed E-state index contributed by atoms with van der Waals surface area (Å²) >= 11 is 0. The van der Waals surface area contributed by atoms with E-state index in [9.17, 15) is 0 Å². The standard InChI is InChI=1S/C26H26N4O3/c1-31-23-12-20(13-24(15-23)32-2)18-3-4-19-14-26(27-16-21(19)11-18)29-25-6-5-22(17-28-25)30-7-9-33-10-8-30/h3-6,11-17H,7-10H2,1-2H3,(H,27,28,29). The Morgan fingerprint density at radius 1 is 0.758 bits per heavy atom. The number of rotatable bonds is 6. The SMILES string of the molecule is COc1cc(OC)cc(-c2ccc3cc(Nc4ccc(N5CCOCC5)cn4)ncc3c2)c1. The minimum Gasteiger partial charge on any atom is -0.497 e. The van der Waals surface area contributed by atoms with E-state index < -0.39 is 0 Å². The number of fused-ring (bicyclic) bond motifs is 1. The van der Waals surface area contributed by atoms with E-state index in [-0.39, 0.29) is 0 Å². The van der Waals surface area contributed by atoms with Crippen molar-refractivity contribution in [2.75, 3.05) is 50.7 Å². The molecule has 0 spiro atoms. The minimum absolute atomic E-state index is 0.755. The third kappa shape index (κ3) is 4.68. The van der Waals surface area contributed by atoms with Gasteiger partial charge in [-0.05, 0) is 52.9 Å². The highest BCUT2D eigenvalue weighted by atomic mass is 16.5. The zero-order valence-electron chi connectivity index (χ0n) is 18.7. The van der Waals surface area contributed by atoms with E-state index in [2.05, 4.69) is 44.5 Å². The average molecular weight is 443 g/mol. The molecule has 4 aromatic rings. The van der Waals surface area contributed by atoms with Crippen LogP contribution in [0.15, 0.2) is 67.0 Å². The van der Waals surface area contributed by atoms with Crippen molar-refractivity contribution >= 4 is 28.1 Å². The normalized spacial score (nSPS) is 13.7. The molecule has 0 amide bonds. The molecule has 1 fully saturated rings. The van der Waals surface area contributed by atoms with Gasteiger partial charge in [0.2, 0.25) is 0 Å². The van der Waals surface area contributed by atoms with Crippen molar-refractivity contribution in [3.8, 4) is 22.6 Å². The van der Waals surface area contributed by atoms with E-state index >= 15 is 0 Å². The van der Waals surface area contributed by atoms with E-state index in [1.54, 1.807) is 14.2 Å². The summed E-state index contributed by atoms with van der Waals surface area (Å²) in [5, 5.41) is 5.45. The van der Waals surface area contributed by atoms with Crippen LogP contribution in [0, 0.1) is 0 Å². The molecule has 1 aliphatic rings. The van der Waals surface area contributed by atoms with Gasteiger partial charge in [0.15, 0.2) is 0 Å². The summed E-state index contributed by atoms with van der Waals surface area (Å²) < 4.78 is 16.2. The first-order valence-corrected chi connectivity index (χ1v) is 10.9. The van der Waals surface area contributed by atoms with Crippen molar-refractivity contribution in [2.45, 2.75) is 0 Å². The topological polar surface area (TPSA) is 68.7 Å². The molecule has 2 aromatic heterocycles. The quantitative estimate of drug-likeness (QED) is 0.456. The summed E-state index contributed by atoms with van der Waals surface area (Å²) in [6, 6.07) is 18.3. The zero-order valence-corrected chi connectivity index (χ0v) is 18.7. The third-order valence-electron chi connectivity index (χ3n) is 5.79. The van der Waals surface area contributed by atoms with Crippen LogP contribution in [-0.4, -0.2) is 50.5 Å². The lowest BCUT2D eigenvalue weighted by atomic mass is 10.0. The van der Waals surface area contributed by atoms with Gasteiger partial charge in [-0.3, -0.25) is 0 Å². The molecule has 0 saturated carbocycles. The van der Waals surface area contributed by atoms with Crippen LogP contribution in [0.3, 0.4) is 0 Å². The summed E-state index contributed by atoms with van der Waals surface area (Å²) in [4.78, 5) is 11.4. The third-order valence-corrected chi connectivity index (χ3v) is 5.79. The van der Waals surface area contributed by atoms with Gasteiger partial charge < -0.3 is 24.4 Å². The van der Waals surface area contributed by atoms with Crippen LogP contribution in [0.5, 0.6) is 11.5 Å². The average Bonchev–Trinajstić information content (AvgIpc) is 2.89. The number of ether oxygens (including phenoxy) is 3. The van der Waals surface area contributed by atoms with Crippen LogP contribution in [0.4, 0.5) is 17.3 Å². The highest BCUT2D eigenvalue weighted by Crippen LogP contribution is 2.32. The van der Waals surface area contributed by atoms with Gasteiger partial charge in [-0.15, -0.1) is 0 Å². The number of methoxy groups -OCH3 is 2. The molecule has 0 radical (unpaired) electrons. The van der Waals surface area contributed by atoms with Crippen molar-refractivity contribution in [1.82, 2.24) is 9.97 Å². The zero-order chi connectivity index (χ0) is 22.6. The van der Waals surface area contributed by atoms with E-state index in [1.165, 1.54) is 0 Å². The van der Waals surface area contributed by atoms with Crippen LogP contribution in [0.25, 0.3) is 21.9 Å². The van der Waals surface area contributed by atoms with Crippen LogP contribution in [-0.2, 0) is 4.74 Å². The van der Waals surface area contributed by atoms with E-state index in [4.69, 9.17) is 14.2 Å². The number of nitrogens with zero attached hydrogens (tertiary/aromatic N) is 3. The maximum absolute atomic E-state index is 5.42. The van der Waals surface area contributed by atoms with Crippen LogP contribution in [0.1, 0.15) is 0 Å². The first kappa shape index (κ1) is 21.0. The number of benzene rings is 2. The molecule has 2 aromatic carbocycles. The van der Waals surface area contributed by atoms with Gasteiger partial charge in [0.1, 0.15) is 23.1 Å². The Balaban J connectivity index is 1.35. The molecular formula is C26H26N4O3. The molecule has 7 nitrogen and oxygen atoms in total. The van der Waals surface area contributed by atoms with Gasteiger partial charge in [-0.1, -0.05) is 12.1 Å². The number of morpholine rings is 1. The Morgan fingerprint density at radius 3 is 2.21 bits per heavy atom. The molecule has 1 saturated heterocycles. The van der Waals surface area contributed by atoms with Crippen molar-refractivity contribution in [2.24, 2.45) is 0 Å². The van der Waals surface area contributed by atoms with Crippen molar-refractivity contribution in [3.05, 3.63) is 67.0 Å². The van der Waals surface area contributed by atoms with Crippen LogP contribution in [0.2, 0.25) is 0 Å². The lowest BCUT2D eigenvalue weighted by Crippen LogP contribution is -2.36. The molecule has 1 N–H and O–H groups in total. The second-order valence-electron chi connectivity index (χ2n) is 7.86. The summed E-state index contributed by atoms with van der Waals surface area (Å²) in [5.74, 6) is 3.03. The second kappa shape index (κ2) is 9.34. The van der Waals surface area contributed by atoms with Gasteiger partial charge in [0.25, 0.3) is 0 Å². The molecule has 33 heavy (non-hydrogen) atoms. The molecule has 168 valence electrons. The Kier molecular flexibility index (Phi) is 5.95. The number of pyridine rings is 2. The van der Waals surface area contributed by atoms with Gasteiger partial charge in [-0.2, -0.15) is 0 Å². The highest BCUT2D eigenvalue weighted by Gasteiger charge is 2.11. The lowest BCUT2D eigenvalue weighted by molar-refractivity contribution is 0.122. The Hall–Kier alpha value is -3.84. The molecular weight excluding hydrogens is 416 g/mol. The smallest absolute Gasteiger partial charge is 0.132 e. The number of hydrogen-bond donors (Lipinski definition) is 1. The fourth-order valence-electron chi connectivity index (χ4n) is 3.96. The van der Waals surface area contributed by atoms with Crippen molar-refractivity contribution in [3.63, 3.8) is 0 Å². The molecule has 3 heterocycles. The Bertz CT molecular complexity index is 1230. The highest BCUT2D eigenvalue weighted by molar-refractivity contribution is 5.89. The van der Waals surface area contributed by atoms with Gasteiger partial charge in [-0.25, -0.2) is 9.97 Å². The molecule has 0 atom stereocenters. The van der Waals surface area contributed by atoms with Crippen LogP contribution < -0.4 is 19.7 Å². The first-order chi connectivity index (χ1) is 16.2. The monoisotopic (exact) mass is 442 g/mol. The predicted molar refractivity (Wildman–Crippen MR) is 131 cm³/mol.